The molecule has 10 nitrogen and oxygen atoms in total. The monoisotopic (exact) mass is 1180 g/mol. The van der Waals surface area contributed by atoms with Crippen LogP contribution in [0.5, 0.6) is 0 Å². The first-order valence-electron chi connectivity index (χ1n) is 34.8. The van der Waals surface area contributed by atoms with Crippen molar-refractivity contribution in [2.45, 2.75) is 380 Å². The van der Waals surface area contributed by atoms with Gasteiger partial charge in [-0.2, -0.15) is 0 Å². The van der Waals surface area contributed by atoms with Crippen molar-refractivity contribution in [2.24, 2.45) is 52.8 Å². The zero-order valence-electron chi connectivity index (χ0n) is 60.4. The van der Waals surface area contributed by atoms with E-state index in [0.29, 0.717) is 0 Å². The van der Waals surface area contributed by atoms with Gasteiger partial charge in [0.1, 0.15) is 0 Å². The molecular weight excluding hydrogens is 1040 g/mol. The molecule has 0 aromatic carbocycles. The summed E-state index contributed by atoms with van der Waals surface area (Å²) in [4.78, 5) is 61.0. The minimum atomic E-state index is -0.142. The lowest BCUT2D eigenvalue weighted by atomic mass is 9.77. The number of carbonyl (C=O) groups excluding carboxylic acids is 5. The predicted octanol–water partition coefficient (Wildman–Crippen LogP) is 19.5. The quantitative estimate of drug-likeness (QED) is 0.0474. The lowest BCUT2D eigenvalue weighted by Crippen LogP contribution is -2.44. The molecule has 0 aromatic rings. The molecule has 0 bridgehead atoms. The van der Waals surface area contributed by atoms with Gasteiger partial charge in [0, 0.05) is 57.3 Å². The van der Waals surface area contributed by atoms with Crippen LogP contribution < -0.4 is 26.6 Å². The van der Waals surface area contributed by atoms with E-state index in [9.17, 15) is 24.0 Å². The van der Waals surface area contributed by atoms with Gasteiger partial charge < -0.3 is 26.6 Å². The first-order chi connectivity index (χ1) is 38.6. The predicted molar refractivity (Wildman–Crippen MR) is 364 cm³/mol. The molecule has 5 N–H and O–H groups in total. The molecule has 3 fully saturated rings. The van der Waals surface area contributed by atoms with Crippen LogP contribution in [0.15, 0.2) is 12.2 Å². The Morgan fingerprint density at radius 2 is 0.583 bits per heavy atom. The number of hydrogen-bond acceptors (Lipinski definition) is 5. The Bertz CT molecular complexity index is 1780. The lowest BCUT2D eigenvalue weighted by molar-refractivity contribution is -0.128. The number of amides is 5. The molecule has 3 rings (SSSR count). The van der Waals surface area contributed by atoms with Crippen LogP contribution in [0.4, 0.5) is 0 Å². The second-order valence-corrected chi connectivity index (χ2v) is 32.9. The highest BCUT2D eigenvalue weighted by Gasteiger charge is 2.32. The fourth-order valence-electron chi connectivity index (χ4n) is 11.0. The van der Waals surface area contributed by atoms with Crippen molar-refractivity contribution < 1.29 is 24.0 Å². The molecule has 5 unspecified atom stereocenters. The van der Waals surface area contributed by atoms with E-state index in [0.717, 1.165) is 113 Å². The van der Waals surface area contributed by atoms with Crippen LogP contribution >= 0.6 is 0 Å². The molecule has 0 saturated heterocycles. The van der Waals surface area contributed by atoms with E-state index < -0.39 is 0 Å². The molecule has 5 atom stereocenters. The van der Waals surface area contributed by atoms with Crippen molar-refractivity contribution in [3.8, 4) is 0 Å². The van der Waals surface area contributed by atoms with Crippen LogP contribution in [0.1, 0.15) is 352 Å². The summed E-state index contributed by atoms with van der Waals surface area (Å²) >= 11 is 0. The summed E-state index contributed by atoms with van der Waals surface area (Å²) in [5.41, 5.74) is 0.748. The molecule has 0 aromatic heterocycles. The third-order valence-electron chi connectivity index (χ3n) is 15.6. The normalized spacial score (nSPS) is 16.8. The number of hydrogen-bond donors (Lipinski definition) is 5. The smallest absolute Gasteiger partial charge is 0.223 e. The van der Waals surface area contributed by atoms with Gasteiger partial charge >= 0.3 is 0 Å². The Balaban J connectivity index is 0. The van der Waals surface area contributed by atoms with Gasteiger partial charge in [0.05, 0.1) is 0 Å². The molecule has 0 spiro atoms. The zero-order chi connectivity index (χ0) is 65.1. The summed E-state index contributed by atoms with van der Waals surface area (Å²) in [5, 5.41) is 15.6. The first-order valence-corrected chi connectivity index (χ1v) is 34.8. The average Bonchev–Trinajstić information content (AvgIpc) is 4.14. The fraction of sp³-hybridized carbons (Fsp3) is 0.905. The Morgan fingerprint density at radius 3 is 0.798 bits per heavy atom. The molecule has 5 amide bonds. The highest BCUT2D eigenvalue weighted by Crippen LogP contribution is 2.38. The van der Waals surface area contributed by atoms with E-state index in [1.165, 1.54) is 96.3 Å². The van der Waals surface area contributed by atoms with E-state index in [2.05, 4.69) is 151 Å². The lowest BCUT2D eigenvalue weighted by Gasteiger charge is -2.31. The van der Waals surface area contributed by atoms with Gasteiger partial charge in [-0.05, 0) is 198 Å². The average molecular weight is 1190 g/mol. The van der Waals surface area contributed by atoms with Gasteiger partial charge in [-0.15, -0.1) is 6.58 Å². The summed E-state index contributed by atoms with van der Waals surface area (Å²) in [5.74, 6) is 4.69. The first kappa shape index (κ1) is 83.2. The molecule has 0 aliphatic heterocycles. The van der Waals surface area contributed by atoms with Gasteiger partial charge in [0.25, 0.3) is 0 Å². The minimum Gasteiger partial charge on any atom is -0.351 e. The van der Waals surface area contributed by atoms with Crippen LogP contribution in [0.2, 0.25) is 0 Å². The number of rotatable bonds is 29. The van der Waals surface area contributed by atoms with Gasteiger partial charge in [0.15, 0.2) is 0 Å². The summed E-state index contributed by atoms with van der Waals surface area (Å²) in [7, 11) is 0. The van der Waals surface area contributed by atoms with Gasteiger partial charge in [-0.1, -0.05) is 183 Å². The standard InChI is InChI=1S/C16H31NO.C15H29NO.C15H31NO.2C14H27NO/c1-5-6-11-14(12-13-9-7-8-10-13)15(18)17-16(2,3)4;1-5-6-10-13(11-12-8-7-9-12)14(17)16-15(2,3)4;1-8-9-10-12(11-14(2,3)4)13(17)16-15(5,6)7;1-5-6-7-12(10-11-8-9-11)13(16)15-14(2,3)4;1-7-8-9-12(10-11(2)3)13(16)15-14(4,5)6/h13-14H,5-12H2,1-4H3,(H,17,18);12-13H,5-11H2,1-4H3,(H,16,17);12H,8-11H2,1-7H3,(H,16,17);11-12H,5-10H2,1-4H3,(H,15,16);12H,2,7-10H2,1,3-6H3,(H,15,16). The Morgan fingerprint density at radius 1 is 0.357 bits per heavy atom. The van der Waals surface area contributed by atoms with E-state index in [-0.39, 0.29) is 92.2 Å². The molecule has 3 aliphatic rings. The molecular formula is C74H145N5O5. The fourth-order valence-corrected chi connectivity index (χ4v) is 11.0. The zero-order valence-corrected chi connectivity index (χ0v) is 60.4. The Hall–Kier alpha value is -2.91. The Kier molecular flexibility index (Phi) is 41.7. The van der Waals surface area contributed by atoms with Crippen molar-refractivity contribution in [3.63, 3.8) is 0 Å². The van der Waals surface area contributed by atoms with Crippen molar-refractivity contribution in [1.82, 2.24) is 26.6 Å². The van der Waals surface area contributed by atoms with Crippen molar-refractivity contribution in [2.75, 3.05) is 0 Å². The van der Waals surface area contributed by atoms with Crippen LogP contribution in [-0.4, -0.2) is 57.2 Å². The van der Waals surface area contributed by atoms with Gasteiger partial charge in [-0.3, -0.25) is 24.0 Å². The maximum absolute atomic E-state index is 12.3. The molecule has 496 valence electrons. The number of allylic oxidation sites excluding steroid dienone is 1. The number of unbranched alkanes of at least 4 members (excludes halogenated alkanes) is 5. The van der Waals surface area contributed by atoms with E-state index in [1.807, 2.05) is 48.5 Å². The van der Waals surface area contributed by atoms with E-state index in [1.54, 1.807) is 0 Å². The second-order valence-electron chi connectivity index (χ2n) is 32.9. The summed E-state index contributed by atoms with van der Waals surface area (Å²) in [6.45, 7) is 54.1. The Labute approximate surface area is 522 Å². The number of nitrogens with one attached hydrogen (secondary N) is 5. The third-order valence-corrected chi connectivity index (χ3v) is 15.6. The van der Waals surface area contributed by atoms with Crippen molar-refractivity contribution >= 4 is 29.5 Å². The molecule has 84 heavy (non-hydrogen) atoms. The van der Waals surface area contributed by atoms with E-state index >= 15 is 0 Å². The highest BCUT2D eigenvalue weighted by molar-refractivity contribution is 5.81. The van der Waals surface area contributed by atoms with Crippen LogP contribution in [-0.2, 0) is 24.0 Å². The molecule has 0 radical (unpaired) electrons. The SMILES string of the molecule is C=C(C)CC(CCCC)C(=O)NC(C)(C)C.CCCCC(CC(C)(C)C)C(=O)NC(C)(C)C.CCCCC(CC1CC1)C(=O)NC(C)(C)C.CCCCC(CC1CCC1)C(=O)NC(C)(C)C.CCCCC(CC1CCCC1)C(=O)NC(C)(C)C. The molecule has 3 aliphatic carbocycles. The van der Waals surface area contributed by atoms with Crippen LogP contribution in [0, 0.1) is 52.8 Å². The summed E-state index contributed by atoms with van der Waals surface area (Å²) in [6.07, 6.45) is 34.0. The van der Waals surface area contributed by atoms with Crippen molar-refractivity contribution in [3.05, 3.63) is 12.2 Å². The summed E-state index contributed by atoms with van der Waals surface area (Å²) in [6, 6.07) is 0. The molecule has 3 saturated carbocycles. The third kappa shape index (κ3) is 49.1. The maximum atomic E-state index is 12.3. The largest absolute Gasteiger partial charge is 0.351 e. The summed E-state index contributed by atoms with van der Waals surface area (Å²) < 4.78 is 0. The molecule has 10 heteroatoms. The molecule has 0 heterocycles. The second kappa shape index (κ2) is 42.1. The topological polar surface area (TPSA) is 146 Å². The van der Waals surface area contributed by atoms with Crippen LogP contribution in [0.25, 0.3) is 0 Å². The van der Waals surface area contributed by atoms with Gasteiger partial charge in [0.2, 0.25) is 29.5 Å². The minimum absolute atomic E-state index is 0.0922. The van der Waals surface area contributed by atoms with Gasteiger partial charge in [-0.25, -0.2) is 0 Å². The van der Waals surface area contributed by atoms with E-state index in [4.69, 9.17) is 0 Å². The highest BCUT2D eigenvalue weighted by atomic mass is 16.2. The van der Waals surface area contributed by atoms with Crippen molar-refractivity contribution in [1.29, 1.82) is 0 Å². The van der Waals surface area contributed by atoms with Crippen LogP contribution in [0.3, 0.4) is 0 Å². The number of carbonyl (C=O) groups is 5. The maximum Gasteiger partial charge on any atom is 0.223 e.